The molecule has 2 rings (SSSR count). The first-order valence-electron chi connectivity index (χ1n) is 6.56. The molecule has 0 saturated heterocycles. The lowest BCUT2D eigenvalue weighted by molar-refractivity contribution is -0.0829. The molecule has 2 aliphatic carbocycles. The van der Waals surface area contributed by atoms with Crippen molar-refractivity contribution in [2.24, 2.45) is 16.6 Å². The zero-order valence-corrected chi connectivity index (χ0v) is 9.97. The summed E-state index contributed by atoms with van der Waals surface area (Å²) in [4.78, 5) is 0. The van der Waals surface area contributed by atoms with Crippen LogP contribution in [0.25, 0.3) is 0 Å². The molecule has 0 atom stereocenters. The molecule has 0 bridgehead atoms. The van der Waals surface area contributed by atoms with E-state index in [1.54, 1.807) is 0 Å². The van der Waals surface area contributed by atoms with Gasteiger partial charge in [-0.2, -0.15) is 0 Å². The van der Waals surface area contributed by atoms with Crippen molar-refractivity contribution >= 4 is 0 Å². The Hall–Kier alpha value is -0.0800. The summed E-state index contributed by atoms with van der Waals surface area (Å²) < 4.78 is 0. The monoisotopic (exact) mass is 211 g/mol. The first-order chi connectivity index (χ1) is 7.18. The van der Waals surface area contributed by atoms with Crippen LogP contribution in [0.15, 0.2) is 0 Å². The Kier molecular flexibility index (Phi) is 3.09. The quantitative estimate of drug-likeness (QED) is 0.753. The number of hydrogen-bond acceptors (Lipinski definition) is 2. The van der Waals surface area contributed by atoms with Crippen LogP contribution in [-0.2, 0) is 0 Å². The van der Waals surface area contributed by atoms with Crippen LogP contribution in [0, 0.1) is 10.8 Å². The maximum atomic E-state index is 9.63. The minimum absolute atomic E-state index is 0.0568. The van der Waals surface area contributed by atoms with Crippen molar-refractivity contribution in [1.29, 1.82) is 0 Å². The Bertz CT molecular complexity index is 209. The third-order valence-electron chi connectivity index (χ3n) is 5.42. The topological polar surface area (TPSA) is 46.2 Å². The summed E-state index contributed by atoms with van der Waals surface area (Å²) in [6.07, 6.45) is 9.60. The molecule has 15 heavy (non-hydrogen) atoms. The van der Waals surface area contributed by atoms with Gasteiger partial charge in [-0.05, 0) is 62.3 Å². The fourth-order valence-electron chi connectivity index (χ4n) is 3.97. The van der Waals surface area contributed by atoms with Crippen molar-refractivity contribution in [2.75, 3.05) is 6.54 Å². The van der Waals surface area contributed by atoms with Crippen molar-refractivity contribution in [3.63, 3.8) is 0 Å². The van der Waals surface area contributed by atoms with Gasteiger partial charge >= 0.3 is 0 Å². The summed E-state index contributed by atoms with van der Waals surface area (Å²) in [6, 6.07) is 0. The largest absolute Gasteiger partial charge is 0.393 e. The van der Waals surface area contributed by atoms with Crippen molar-refractivity contribution in [3.8, 4) is 0 Å². The van der Waals surface area contributed by atoms with Crippen LogP contribution in [0.3, 0.4) is 0 Å². The molecule has 0 aliphatic heterocycles. The second-order valence-electron chi connectivity index (χ2n) is 5.70. The molecule has 2 saturated carbocycles. The molecule has 2 fully saturated rings. The van der Waals surface area contributed by atoms with Gasteiger partial charge in [-0.25, -0.2) is 0 Å². The van der Waals surface area contributed by atoms with Crippen LogP contribution in [0.1, 0.15) is 58.3 Å². The Labute approximate surface area is 93.2 Å². The van der Waals surface area contributed by atoms with Crippen molar-refractivity contribution in [2.45, 2.75) is 64.4 Å². The summed E-state index contributed by atoms with van der Waals surface area (Å²) in [5, 5.41) is 9.63. The van der Waals surface area contributed by atoms with Crippen LogP contribution in [-0.4, -0.2) is 17.8 Å². The van der Waals surface area contributed by atoms with Gasteiger partial charge in [-0.3, -0.25) is 0 Å². The van der Waals surface area contributed by atoms with Gasteiger partial charge in [-0.1, -0.05) is 13.3 Å². The minimum atomic E-state index is -0.0568. The summed E-state index contributed by atoms with van der Waals surface area (Å²) in [5.41, 5.74) is 6.96. The zero-order valence-electron chi connectivity index (χ0n) is 9.97. The van der Waals surface area contributed by atoms with Gasteiger partial charge in [0, 0.05) is 0 Å². The van der Waals surface area contributed by atoms with E-state index in [4.69, 9.17) is 5.73 Å². The van der Waals surface area contributed by atoms with E-state index in [0.29, 0.717) is 10.8 Å². The van der Waals surface area contributed by atoms with Crippen LogP contribution in [0.4, 0.5) is 0 Å². The van der Waals surface area contributed by atoms with Gasteiger partial charge in [0.15, 0.2) is 0 Å². The van der Waals surface area contributed by atoms with E-state index in [-0.39, 0.29) is 6.10 Å². The average molecular weight is 211 g/mol. The molecule has 0 aromatic rings. The average Bonchev–Trinajstić information content (AvgIpc) is 2.20. The fourth-order valence-corrected chi connectivity index (χ4v) is 3.97. The molecule has 0 radical (unpaired) electrons. The molecular formula is C13H25NO. The first kappa shape index (κ1) is 11.4. The van der Waals surface area contributed by atoms with Crippen molar-refractivity contribution in [1.82, 2.24) is 0 Å². The van der Waals surface area contributed by atoms with E-state index in [0.717, 1.165) is 32.2 Å². The Morgan fingerprint density at radius 3 is 2.07 bits per heavy atom. The lowest BCUT2D eigenvalue weighted by Gasteiger charge is -2.58. The van der Waals surface area contributed by atoms with Crippen LogP contribution < -0.4 is 5.73 Å². The maximum Gasteiger partial charge on any atom is 0.0540 e. The van der Waals surface area contributed by atoms with E-state index in [1.807, 2.05) is 0 Å². The molecule has 0 spiro atoms. The van der Waals surface area contributed by atoms with Gasteiger partial charge in [0.25, 0.3) is 0 Å². The van der Waals surface area contributed by atoms with E-state index >= 15 is 0 Å². The number of rotatable bonds is 3. The second kappa shape index (κ2) is 4.06. The van der Waals surface area contributed by atoms with Crippen LogP contribution >= 0.6 is 0 Å². The molecule has 2 heteroatoms. The number of nitrogens with two attached hydrogens (primary N) is 1. The second-order valence-corrected chi connectivity index (χ2v) is 5.70. The van der Waals surface area contributed by atoms with Crippen molar-refractivity contribution in [3.05, 3.63) is 0 Å². The molecule has 0 aromatic carbocycles. The predicted octanol–water partition coefficient (Wildman–Crippen LogP) is 2.45. The maximum absolute atomic E-state index is 9.63. The molecule has 2 nitrogen and oxygen atoms in total. The van der Waals surface area contributed by atoms with Gasteiger partial charge < -0.3 is 10.8 Å². The van der Waals surface area contributed by atoms with Gasteiger partial charge in [0.1, 0.15) is 0 Å². The first-order valence-corrected chi connectivity index (χ1v) is 6.56. The zero-order chi connectivity index (χ0) is 10.9. The summed E-state index contributed by atoms with van der Waals surface area (Å²) >= 11 is 0. The Balaban J connectivity index is 2.14. The van der Waals surface area contributed by atoms with Crippen LogP contribution in [0.2, 0.25) is 0 Å². The molecule has 0 heterocycles. The third kappa shape index (κ3) is 1.62. The van der Waals surface area contributed by atoms with Gasteiger partial charge in [0.2, 0.25) is 0 Å². The van der Waals surface area contributed by atoms with Crippen LogP contribution in [0.5, 0.6) is 0 Å². The lowest BCUT2D eigenvalue weighted by atomic mass is 9.48. The lowest BCUT2D eigenvalue weighted by Crippen LogP contribution is -2.53. The fraction of sp³-hybridized carbons (Fsp3) is 1.00. The normalized spacial score (nSPS) is 39.8. The Morgan fingerprint density at radius 1 is 1.13 bits per heavy atom. The highest BCUT2D eigenvalue weighted by molar-refractivity contribution is 5.04. The molecule has 0 aromatic heterocycles. The van der Waals surface area contributed by atoms with E-state index in [2.05, 4.69) is 6.92 Å². The van der Waals surface area contributed by atoms with E-state index in [9.17, 15) is 5.11 Å². The van der Waals surface area contributed by atoms with E-state index < -0.39 is 0 Å². The van der Waals surface area contributed by atoms with Crippen molar-refractivity contribution < 1.29 is 5.11 Å². The predicted molar refractivity (Wildman–Crippen MR) is 62.5 cm³/mol. The number of aliphatic hydroxyl groups is 1. The molecule has 0 unspecified atom stereocenters. The molecular weight excluding hydrogens is 186 g/mol. The smallest absolute Gasteiger partial charge is 0.0540 e. The highest BCUT2D eigenvalue weighted by Gasteiger charge is 2.53. The third-order valence-corrected chi connectivity index (χ3v) is 5.42. The van der Waals surface area contributed by atoms with Gasteiger partial charge in [0.05, 0.1) is 6.10 Å². The highest BCUT2D eigenvalue weighted by atomic mass is 16.3. The molecule has 88 valence electrons. The minimum Gasteiger partial charge on any atom is -0.393 e. The SMILES string of the molecule is CCC1(C2(CN)CCC(O)CC2)CCC1. The van der Waals surface area contributed by atoms with Gasteiger partial charge in [-0.15, -0.1) is 0 Å². The highest BCUT2D eigenvalue weighted by Crippen LogP contribution is 2.61. The standard InChI is InChI=1S/C13H25NO/c1-2-12(6-3-7-12)13(10-14)8-4-11(15)5-9-13/h11,15H,2-10,14H2,1H3. The number of hydrogen-bond donors (Lipinski definition) is 2. The molecule has 2 aliphatic rings. The number of aliphatic hydroxyl groups excluding tert-OH is 1. The Morgan fingerprint density at radius 2 is 1.73 bits per heavy atom. The van der Waals surface area contributed by atoms with E-state index in [1.165, 1.54) is 25.7 Å². The summed E-state index contributed by atoms with van der Waals surface area (Å²) in [7, 11) is 0. The summed E-state index contributed by atoms with van der Waals surface area (Å²) in [5.74, 6) is 0. The summed E-state index contributed by atoms with van der Waals surface area (Å²) in [6.45, 7) is 3.15. The molecule has 3 N–H and O–H groups in total. The molecule has 0 amide bonds.